The second-order valence-electron chi connectivity index (χ2n) is 3.07. The lowest BCUT2D eigenvalue weighted by atomic mass is 10.4. The second-order valence-corrected chi connectivity index (χ2v) is 3.93. The van der Waals surface area contributed by atoms with Crippen LogP contribution in [-0.2, 0) is 9.59 Å². The fourth-order valence-corrected chi connectivity index (χ4v) is 1.60. The van der Waals surface area contributed by atoms with Gasteiger partial charge in [-0.1, -0.05) is 6.92 Å². The lowest BCUT2D eigenvalue weighted by Gasteiger charge is -2.03. The van der Waals surface area contributed by atoms with Crippen molar-refractivity contribution in [3.63, 3.8) is 0 Å². The van der Waals surface area contributed by atoms with Crippen LogP contribution in [0.1, 0.15) is 30.8 Å². The van der Waals surface area contributed by atoms with Crippen LogP contribution in [0.15, 0.2) is 5.38 Å². The van der Waals surface area contributed by atoms with E-state index in [1.165, 1.54) is 12.3 Å². The fourth-order valence-electron chi connectivity index (χ4n) is 0.865. The molecule has 1 rings (SSSR count). The number of anilines is 1. The van der Waals surface area contributed by atoms with E-state index in [4.69, 9.17) is 0 Å². The first-order chi connectivity index (χ1) is 8.02. The third-order valence-corrected chi connectivity index (χ3v) is 2.41. The highest BCUT2D eigenvalue weighted by atomic mass is 32.1. The summed E-state index contributed by atoms with van der Waals surface area (Å²) in [4.78, 5) is 37.0. The van der Waals surface area contributed by atoms with Crippen LogP contribution in [0, 0.1) is 0 Å². The molecule has 3 amide bonds. The molecule has 0 aliphatic carbocycles. The molecule has 0 unspecified atom stereocenters. The summed E-state index contributed by atoms with van der Waals surface area (Å²) in [7, 11) is 0. The Kier molecular flexibility index (Phi) is 4.58. The first-order valence-corrected chi connectivity index (χ1v) is 5.73. The van der Waals surface area contributed by atoms with Gasteiger partial charge in [-0.3, -0.25) is 25.2 Å². The summed E-state index contributed by atoms with van der Waals surface area (Å²) in [5.41, 5.74) is 4.56. The van der Waals surface area contributed by atoms with Crippen molar-refractivity contribution in [2.45, 2.75) is 20.3 Å². The normalized spacial score (nSPS) is 9.53. The van der Waals surface area contributed by atoms with Crippen LogP contribution in [0.2, 0.25) is 0 Å². The molecule has 7 nitrogen and oxygen atoms in total. The average molecular weight is 256 g/mol. The van der Waals surface area contributed by atoms with Gasteiger partial charge in [-0.15, -0.1) is 11.3 Å². The highest BCUT2D eigenvalue weighted by molar-refractivity contribution is 7.14. The van der Waals surface area contributed by atoms with E-state index >= 15 is 0 Å². The van der Waals surface area contributed by atoms with Crippen molar-refractivity contribution < 1.29 is 14.4 Å². The topological polar surface area (TPSA) is 100 Å². The van der Waals surface area contributed by atoms with Crippen LogP contribution in [-0.4, -0.2) is 22.7 Å². The van der Waals surface area contributed by atoms with Gasteiger partial charge in [-0.2, -0.15) is 0 Å². The zero-order chi connectivity index (χ0) is 12.8. The van der Waals surface area contributed by atoms with Gasteiger partial charge in [0, 0.05) is 18.7 Å². The number of carbonyl (C=O) groups excluding carboxylic acids is 3. The highest BCUT2D eigenvalue weighted by Crippen LogP contribution is 2.14. The molecule has 1 heterocycles. The Balaban J connectivity index is 2.54. The molecule has 0 saturated carbocycles. The molecule has 0 fully saturated rings. The van der Waals surface area contributed by atoms with Gasteiger partial charge in [-0.25, -0.2) is 4.98 Å². The standard InChI is InChI=1S/C9H12N4O3S/c1-3-7(15)12-13-8(16)6-4-17-9(11-6)10-5(2)14/h4H,3H2,1-2H3,(H,12,15)(H,13,16)(H,10,11,14). The maximum absolute atomic E-state index is 11.5. The summed E-state index contributed by atoms with van der Waals surface area (Å²) >= 11 is 1.13. The molecule has 0 bridgehead atoms. The van der Waals surface area contributed by atoms with Crippen LogP contribution < -0.4 is 16.2 Å². The van der Waals surface area contributed by atoms with Crippen molar-refractivity contribution in [1.29, 1.82) is 0 Å². The Hall–Kier alpha value is -1.96. The Bertz CT molecular complexity index is 443. The lowest BCUT2D eigenvalue weighted by molar-refractivity contribution is -0.121. The molecule has 92 valence electrons. The molecule has 1 aromatic heterocycles. The van der Waals surface area contributed by atoms with E-state index in [1.54, 1.807) is 6.92 Å². The molecule has 3 N–H and O–H groups in total. The molecule has 0 aromatic carbocycles. The predicted molar refractivity (Wildman–Crippen MR) is 62.3 cm³/mol. The quantitative estimate of drug-likeness (QED) is 0.676. The first kappa shape index (κ1) is 13.1. The molecular formula is C9H12N4O3S. The average Bonchev–Trinajstić information content (AvgIpc) is 2.72. The van der Waals surface area contributed by atoms with Gasteiger partial charge >= 0.3 is 0 Å². The maximum atomic E-state index is 11.5. The first-order valence-electron chi connectivity index (χ1n) is 4.85. The number of aromatic nitrogens is 1. The van der Waals surface area contributed by atoms with Gasteiger partial charge in [0.15, 0.2) is 5.13 Å². The predicted octanol–water partition coefficient (Wildman–Crippen LogP) is 0.272. The molecular weight excluding hydrogens is 244 g/mol. The van der Waals surface area contributed by atoms with Crippen LogP contribution in [0.25, 0.3) is 0 Å². The Morgan fingerprint density at radius 2 is 2.06 bits per heavy atom. The summed E-state index contributed by atoms with van der Waals surface area (Å²) in [6, 6.07) is 0. The molecule has 0 atom stereocenters. The van der Waals surface area contributed by atoms with Crippen LogP contribution in [0.5, 0.6) is 0 Å². The molecule has 1 aromatic rings. The monoisotopic (exact) mass is 256 g/mol. The lowest BCUT2D eigenvalue weighted by Crippen LogP contribution is -2.41. The van der Waals surface area contributed by atoms with Gasteiger partial charge in [0.25, 0.3) is 5.91 Å². The van der Waals surface area contributed by atoms with Crippen molar-refractivity contribution in [1.82, 2.24) is 15.8 Å². The summed E-state index contributed by atoms with van der Waals surface area (Å²) < 4.78 is 0. The molecule has 8 heteroatoms. The smallest absolute Gasteiger partial charge is 0.289 e. The molecule has 0 aliphatic heterocycles. The number of hydrogen-bond acceptors (Lipinski definition) is 5. The minimum Gasteiger partial charge on any atom is -0.302 e. The second kappa shape index (κ2) is 5.94. The summed E-state index contributed by atoms with van der Waals surface area (Å²) in [5.74, 6) is -1.08. The van der Waals surface area contributed by atoms with Gasteiger partial charge in [0.05, 0.1) is 0 Å². The maximum Gasteiger partial charge on any atom is 0.289 e. The number of rotatable bonds is 3. The van der Waals surface area contributed by atoms with E-state index < -0.39 is 5.91 Å². The molecule has 0 radical (unpaired) electrons. The zero-order valence-electron chi connectivity index (χ0n) is 9.36. The molecule has 17 heavy (non-hydrogen) atoms. The highest BCUT2D eigenvalue weighted by Gasteiger charge is 2.11. The Morgan fingerprint density at radius 1 is 1.35 bits per heavy atom. The van der Waals surface area contributed by atoms with Crippen LogP contribution in [0.3, 0.4) is 0 Å². The van der Waals surface area contributed by atoms with Gasteiger partial charge in [-0.05, 0) is 0 Å². The minimum absolute atomic E-state index is 0.134. The summed E-state index contributed by atoms with van der Waals surface area (Å²) in [5, 5.41) is 4.28. The number of hydrazine groups is 1. The number of nitrogens with zero attached hydrogens (tertiary/aromatic N) is 1. The van der Waals surface area contributed by atoms with E-state index in [1.807, 2.05) is 0 Å². The third-order valence-electron chi connectivity index (χ3n) is 1.66. The van der Waals surface area contributed by atoms with E-state index in [-0.39, 0.29) is 23.9 Å². The van der Waals surface area contributed by atoms with Crippen LogP contribution >= 0.6 is 11.3 Å². The van der Waals surface area contributed by atoms with E-state index in [0.29, 0.717) is 5.13 Å². The number of carbonyl (C=O) groups is 3. The Labute approximate surface area is 102 Å². The van der Waals surface area contributed by atoms with Crippen molar-refractivity contribution in [2.24, 2.45) is 0 Å². The number of amides is 3. The van der Waals surface area contributed by atoms with Gasteiger partial charge in [0.2, 0.25) is 11.8 Å². The SMILES string of the molecule is CCC(=O)NNC(=O)c1csc(NC(C)=O)n1. The van der Waals surface area contributed by atoms with E-state index in [2.05, 4.69) is 21.2 Å². The summed E-state index contributed by atoms with van der Waals surface area (Å²) in [6.45, 7) is 3.02. The van der Waals surface area contributed by atoms with E-state index in [0.717, 1.165) is 11.3 Å². The van der Waals surface area contributed by atoms with Gasteiger partial charge < -0.3 is 5.32 Å². The van der Waals surface area contributed by atoms with Crippen molar-refractivity contribution in [3.05, 3.63) is 11.1 Å². The van der Waals surface area contributed by atoms with Crippen molar-refractivity contribution >= 4 is 34.2 Å². The van der Waals surface area contributed by atoms with Crippen molar-refractivity contribution in [2.75, 3.05) is 5.32 Å². The fraction of sp³-hybridized carbons (Fsp3) is 0.333. The largest absolute Gasteiger partial charge is 0.302 e. The summed E-state index contributed by atoms with van der Waals surface area (Å²) in [6.07, 6.45) is 0.272. The number of hydrogen-bond donors (Lipinski definition) is 3. The van der Waals surface area contributed by atoms with Crippen molar-refractivity contribution in [3.8, 4) is 0 Å². The molecule has 0 saturated heterocycles. The molecule has 0 aliphatic rings. The van der Waals surface area contributed by atoms with Gasteiger partial charge in [0.1, 0.15) is 5.69 Å². The number of thiazole rings is 1. The minimum atomic E-state index is -0.528. The third kappa shape index (κ3) is 4.19. The zero-order valence-corrected chi connectivity index (χ0v) is 10.2. The van der Waals surface area contributed by atoms with Crippen LogP contribution in [0.4, 0.5) is 5.13 Å². The molecule has 0 spiro atoms. The Morgan fingerprint density at radius 3 is 2.65 bits per heavy atom. The van der Waals surface area contributed by atoms with E-state index in [9.17, 15) is 14.4 Å². The number of nitrogens with one attached hydrogen (secondary N) is 3.